The largest absolute Gasteiger partial charge is 0.355 e. The van der Waals surface area contributed by atoms with Gasteiger partial charge in [-0.1, -0.05) is 73.8 Å². The molecule has 1 saturated carbocycles. The van der Waals surface area contributed by atoms with Crippen LogP contribution in [0.1, 0.15) is 101 Å². The van der Waals surface area contributed by atoms with Crippen molar-refractivity contribution >= 4 is 41.0 Å². The first-order valence-electron chi connectivity index (χ1n) is 16.8. The van der Waals surface area contributed by atoms with E-state index < -0.39 is 5.54 Å². The third-order valence-corrected chi connectivity index (χ3v) is 10.3. The van der Waals surface area contributed by atoms with Crippen molar-refractivity contribution in [1.29, 1.82) is 0 Å². The monoisotopic (exact) mass is 607 g/mol. The van der Waals surface area contributed by atoms with Gasteiger partial charge < -0.3 is 9.40 Å². The van der Waals surface area contributed by atoms with Gasteiger partial charge in [0.05, 0.1) is 5.71 Å². The van der Waals surface area contributed by atoms with E-state index in [9.17, 15) is 9.59 Å². The number of nitrogens with zero attached hydrogens (tertiary/aromatic N) is 3. The van der Waals surface area contributed by atoms with Crippen LogP contribution in [0.3, 0.4) is 0 Å². The van der Waals surface area contributed by atoms with Gasteiger partial charge in [-0.3, -0.25) is 9.69 Å². The molecule has 1 aliphatic carbocycles. The van der Waals surface area contributed by atoms with Crippen molar-refractivity contribution in [2.75, 3.05) is 13.1 Å². The van der Waals surface area contributed by atoms with Crippen molar-refractivity contribution in [2.24, 2.45) is 11.1 Å². The first-order valence-corrected chi connectivity index (χ1v) is 16.8. The topological polar surface area (TPSA) is 63.9 Å². The summed E-state index contributed by atoms with van der Waals surface area (Å²) < 4.78 is 2.16. The Morgan fingerprint density at radius 1 is 1.04 bits per heavy atom. The Morgan fingerprint density at radius 2 is 1.73 bits per heavy atom. The number of ketones is 1. The Bertz CT molecular complexity index is 1710. The second kappa shape index (κ2) is 14.1. The van der Waals surface area contributed by atoms with Crippen LogP contribution in [0.4, 0.5) is 0 Å². The fourth-order valence-corrected chi connectivity index (χ4v) is 7.43. The first-order chi connectivity index (χ1) is 21.7. The van der Waals surface area contributed by atoms with Gasteiger partial charge in [0.1, 0.15) is 5.54 Å². The van der Waals surface area contributed by atoms with Crippen LogP contribution in [0.2, 0.25) is 0 Å². The maximum atomic E-state index is 13.9. The van der Waals surface area contributed by atoms with Crippen LogP contribution in [0.25, 0.3) is 23.6 Å². The van der Waals surface area contributed by atoms with Gasteiger partial charge in [-0.05, 0) is 109 Å². The molecule has 1 unspecified atom stereocenters. The smallest absolute Gasteiger partial charge is 0.341 e. The maximum absolute atomic E-state index is 13.9. The zero-order chi connectivity index (χ0) is 32.1. The van der Waals surface area contributed by atoms with E-state index >= 15 is 0 Å². The quantitative estimate of drug-likeness (QED) is 0.0857. The van der Waals surface area contributed by atoms with Crippen molar-refractivity contribution in [3.63, 3.8) is 0 Å². The number of oxime groups is 1. The van der Waals surface area contributed by atoms with Crippen LogP contribution in [-0.2, 0) is 16.2 Å². The highest BCUT2D eigenvalue weighted by atomic mass is 16.7. The Balaban J connectivity index is 1.49. The van der Waals surface area contributed by atoms with Crippen molar-refractivity contribution in [1.82, 2.24) is 9.47 Å². The molecule has 6 nitrogen and oxygen atoms in total. The molecule has 3 aromatic rings. The third-order valence-electron chi connectivity index (χ3n) is 10.3. The lowest BCUT2D eigenvalue weighted by Gasteiger charge is -2.46. The Kier molecular flexibility index (Phi) is 10.2. The summed E-state index contributed by atoms with van der Waals surface area (Å²) in [4.78, 5) is 35.6. The number of hydrogen-bond donors (Lipinski definition) is 0. The summed E-state index contributed by atoms with van der Waals surface area (Å²) in [6.07, 6.45) is 13.0. The molecule has 1 aromatic heterocycles. The van der Waals surface area contributed by atoms with E-state index in [1.165, 1.54) is 25.7 Å². The van der Waals surface area contributed by atoms with Crippen LogP contribution in [0.15, 0.2) is 59.3 Å². The van der Waals surface area contributed by atoms with Gasteiger partial charge >= 0.3 is 5.97 Å². The van der Waals surface area contributed by atoms with E-state index in [0.717, 1.165) is 77.9 Å². The molecule has 2 aliphatic rings. The predicted molar refractivity (Wildman–Crippen MR) is 185 cm³/mol. The SMILES string of the molecule is C=c1/c(=C\C(=C/C)C(=O)c2ccccc2C)c2cc(/C(C)=N/OC(=O)C(C)(C3CCCCC3)N3CCCCC3)ccc2n1CC. The molecule has 0 spiro atoms. The van der Waals surface area contributed by atoms with Crippen molar-refractivity contribution in [3.05, 3.63) is 81.4 Å². The van der Waals surface area contributed by atoms with E-state index in [4.69, 9.17) is 4.84 Å². The molecule has 2 heterocycles. The average molecular weight is 608 g/mol. The van der Waals surface area contributed by atoms with Crippen LogP contribution >= 0.6 is 0 Å². The minimum atomic E-state index is -0.662. The van der Waals surface area contributed by atoms with E-state index in [2.05, 4.69) is 47.2 Å². The number of carbonyl (C=O) groups excluding carboxylic acids is 2. The molecule has 45 heavy (non-hydrogen) atoms. The number of allylic oxidation sites excluding steroid dienone is 2. The molecular formula is C39H49N3O3. The number of hydrogen-bond acceptors (Lipinski definition) is 5. The lowest BCUT2D eigenvalue weighted by Crippen LogP contribution is -2.59. The van der Waals surface area contributed by atoms with E-state index in [0.29, 0.717) is 16.8 Å². The predicted octanol–water partition coefficient (Wildman–Crippen LogP) is 7.08. The van der Waals surface area contributed by atoms with Gasteiger partial charge in [0, 0.05) is 39.2 Å². The van der Waals surface area contributed by atoms with E-state index in [1.54, 1.807) is 0 Å². The minimum absolute atomic E-state index is 0.0112. The molecule has 238 valence electrons. The molecule has 0 N–H and O–H groups in total. The highest BCUT2D eigenvalue weighted by Gasteiger charge is 2.48. The summed E-state index contributed by atoms with van der Waals surface area (Å²) in [5.74, 6) is 0.0348. The maximum Gasteiger partial charge on any atom is 0.355 e. The summed E-state index contributed by atoms with van der Waals surface area (Å²) in [6.45, 7) is 17.0. The van der Waals surface area contributed by atoms with Gasteiger partial charge in [0.15, 0.2) is 5.78 Å². The molecule has 1 saturated heterocycles. The zero-order valence-electron chi connectivity index (χ0n) is 27.8. The normalized spacial score (nSPS) is 19.1. The Labute approximate surface area is 268 Å². The summed E-state index contributed by atoms with van der Waals surface area (Å²) in [7, 11) is 0. The van der Waals surface area contributed by atoms with E-state index in [1.807, 2.05) is 63.3 Å². The number of carbonyl (C=O) groups is 2. The Morgan fingerprint density at radius 3 is 2.40 bits per heavy atom. The molecule has 0 amide bonds. The fraction of sp³-hybridized carbons (Fsp3) is 0.462. The van der Waals surface area contributed by atoms with E-state index in [-0.39, 0.29) is 17.7 Å². The summed E-state index contributed by atoms with van der Waals surface area (Å²) in [6, 6.07) is 13.8. The molecule has 5 rings (SSSR count). The second-order valence-electron chi connectivity index (χ2n) is 13.0. The standard InChI is InChI=1S/C39H49N3O3/c1-7-30(37(43)33-20-14-13-17-27(33)3)25-34-29(5)42(8-2)36-22-21-31(26-35(34)36)28(4)40-45-38(44)39(6,32-18-11-9-12-19-32)41-23-15-10-16-24-41/h7,13-14,17,20-22,25-26,32H,5,8-12,15-16,18-19,23-24H2,1-4,6H3/b30-7+,34-25+,40-28+. The molecule has 2 aromatic carbocycles. The zero-order valence-corrected chi connectivity index (χ0v) is 27.8. The number of likely N-dealkylation sites (tertiary alicyclic amines) is 1. The van der Waals surface area contributed by atoms with Gasteiger partial charge in [-0.2, -0.15) is 0 Å². The van der Waals surface area contributed by atoms with Crippen molar-refractivity contribution in [2.45, 2.75) is 98.1 Å². The highest BCUT2D eigenvalue weighted by Crippen LogP contribution is 2.39. The van der Waals surface area contributed by atoms with Crippen LogP contribution in [0, 0.1) is 12.8 Å². The van der Waals surface area contributed by atoms with Crippen molar-refractivity contribution < 1.29 is 14.4 Å². The van der Waals surface area contributed by atoms with Crippen molar-refractivity contribution in [3.8, 4) is 0 Å². The molecule has 1 atom stereocenters. The summed E-state index contributed by atoms with van der Waals surface area (Å²) in [5.41, 5.74) is 4.14. The van der Waals surface area contributed by atoms with Gasteiger partial charge in [-0.25, -0.2) is 4.79 Å². The summed E-state index contributed by atoms with van der Waals surface area (Å²) in [5, 5.41) is 7.18. The first kappa shape index (κ1) is 32.6. The lowest BCUT2D eigenvalue weighted by atomic mass is 9.74. The van der Waals surface area contributed by atoms with Gasteiger partial charge in [-0.15, -0.1) is 0 Å². The summed E-state index contributed by atoms with van der Waals surface area (Å²) >= 11 is 0. The molecular weight excluding hydrogens is 558 g/mol. The van der Waals surface area contributed by atoms with Crippen LogP contribution in [0.5, 0.6) is 0 Å². The molecule has 0 radical (unpaired) electrons. The average Bonchev–Trinajstić information content (AvgIpc) is 3.35. The Hall–Kier alpha value is -3.77. The number of piperidine rings is 1. The molecule has 6 heteroatoms. The minimum Gasteiger partial charge on any atom is -0.341 e. The van der Waals surface area contributed by atoms with Crippen LogP contribution < -0.4 is 10.6 Å². The molecule has 2 fully saturated rings. The highest BCUT2D eigenvalue weighted by molar-refractivity contribution is 6.15. The fourth-order valence-electron chi connectivity index (χ4n) is 7.43. The number of Topliss-reactive ketones (excluding diaryl/α,β-unsaturated/α-hetero) is 1. The number of rotatable bonds is 9. The number of benzene rings is 2. The third kappa shape index (κ3) is 6.48. The number of fused-ring (bicyclic) bond motifs is 1. The molecule has 0 bridgehead atoms. The van der Waals surface area contributed by atoms with Crippen LogP contribution in [-0.4, -0.2) is 45.6 Å². The van der Waals surface area contributed by atoms with Gasteiger partial charge in [0.25, 0.3) is 0 Å². The lowest BCUT2D eigenvalue weighted by molar-refractivity contribution is -0.164. The molecule has 1 aliphatic heterocycles. The van der Waals surface area contributed by atoms with Gasteiger partial charge in [0.2, 0.25) is 0 Å². The second-order valence-corrected chi connectivity index (χ2v) is 13.0. The number of aryl methyl sites for hydroxylation is 2. The number of aromatic nitrogens is 1.